The van der Waals surface area contributed by atoms with Crippen molar-refractivity contribution in [1.29, 1.82) is 0 Å². The van der Waals surface area contributed by atoms with E-state index in [1.54, 1.807) is 12.1 Å². The van der Waals surface area contributed by atoms with Crippen molar-refractivity contribution in [1.82, 2.24) is 0 Å². The smallest absolute Gasteiger partial charge is 0.130 e. The second-order valence-electron chi connectivity index (χ2n) is 5.32. The van der Waals surface area contributed by atoms with Crippen LogP contribution < -0.4 is 4.74 Å². The maximum atomic E-state index is 14.1. The van der Waals surface area contributed by atoms with Crippen LogP contribution in [0.3, 0.4) is 0 Å². The summed E-state index contributed by atoms with van der Waals surface area (Å²) in [7, 11) is 0. The molecule has 0 radical (unpaired) electrons. The summed E-state index contributed by atoms with van der Waals surface area (Å²) in [6.45, 7) is 6.13. The van der Waals surface area contributed by atoms with Crippen LogP contribution in [0.25, 0.3) is 0 Å². The predicted molar refractivity (Wildman–Crippen MR) is 62.9 cm³/mol. The maximum Gasteiger partial charge on any atom is 0.130 e. The Kier molecular flexibility index (Phi) is 2.40. The van der Waals surface area contributed by atoms with Gasteiger partial charge in [-0.1, -0.05) is 13.0 Å². The molecule has 3 rings (SSSR count). The normalized spacial score (nSPS) is 31.4. The molecule has 0 aliphatic carbocycles. The van der Waals surface area contributed by atoms with E-state index in [4.69, 9.17) is 9.47 Å². The van der Waals surface area contributed by atoms with Gasteiger partial charge in [-0.05, 0) is 25.0 Å². The van der Waals surface area contributed by atoms with Gasteiger partial charge < -0.3 is 9.47 Å². The molecule has 1 aromatic rings. The molecule has 2 unspecified atom stereocenters. The standard InChI is InChI=1S/C14H17FO2/c1-9-3-4-11(15)12-13(9)17-8-10-7-16-6-5-14(10,12)2/h3-4,10H,5-8H2,1-2H3. The van der Waals surface area contributed by atoms with Gasteiger partial charge in [-0.15, -0.1) is 0 Å². The zero-order valence-corrected chi connectivity index (χ0v) is 10.3. The quantitative estimate of drug-likeness (QED) is 0.689. The highest BCUT2D eigenvalue weighted by Gasteiger charge is 2.46. The van der Waals surface area contributed by atoms with Gasteiger partial charge in [-0.25, -0.2) is 4.39 Å². The van der Waals surface area contributed by atoms with Crippen LogP contribution in [0.15, 0.2) is 12.1 Å². The van der Waals surface area contributed by atoms with E-state index in [0.717, 1.165) is 23.3 Å². The molecule has 2 aliphatic rings. The molecule has 0 amide bonds. The Bertz CT molecular complexity index is 458. The molecule has 1 aromatic carbocycles. The topological polar surface area (TPSA) is 18.5 Å². The number of halogens is 1. The Morgan fingerprint density at radius 2 is 2.18 bits per heavy atom. The second-order valence-corrected chi connectivity index (χ2v) is 5.32. The van der Waals surface area contributed by atoms with Crippen LogP contribution in [0.2, 0.25) is 0 Å². The first-order valence-corrected chi connectivity index (χ1v) is 6.13. The van der Waals surface area contributed by atoms with Crippen molar-refractivity contribution in [3.8, 4) is 5.75 Å². The second kappa shape index (κ2) is 3.70. The SMILES string of the molecule is Cc1ccc(F)c2c1OCC1COCCC21C. The highest BCUT2D eigenvalue weighted by Crippen LogP contribution is 2.48. The van der Waals surface area contributed by atoms with Crippen LogP contribution in [0.5, 0.6) is 5.75 Å². The summed E-state index contributed by atoms with van der Waals surface area (Å²) >= 11 is 0. The number of rotatable bonds is 0. The highest BCUT2D eigenvalue weighted by molar-refractivity contribution is 5.48. The lowest BCUT2D eigenvalue weighted by atomic mass is 9.67. The minimum absolute atomic E-state index is 0.137. The molecule has 0 spiro atoms. The third kappa shape index (κ3) is 1.48. The largest absolute Gasteiger partial charge is 0.492 e. The van der Waals surface area contributed by atoms with E-state index in [1.807, 2.05) is 6.92 Å². The van der Waals surface area contributed by atoms with Gasteiger partial charge in [-0.2, -0.15) is 0 Å². The zero-order chi connectivity index (χ0) is 12.0. The lowest BCUT2D eigenvalue weighted by Gasteiger charge is -2.45. The van der Waals surface area contributed by atoms with Gasteiger partial charge in [0.1, 0.15) is 11.6 Å². The summed E-state index contributed by atoms with van der Waals surface area (Å²) < 4.78 is 25.4. The molecular formula is C14H17FO2. The fourth-order valence-corrected chi connectivity index (χ4v) is 3.02. The van der Waals surface area contributed by atoms with Gasteiger partial charge >= 0.3 is 0 Å². The number of fused-ring (bicyclic) bond motifs is 3. The number of ether oxygens (including phenoxy) is 2. The summed E-state index contributed by atoms with van der Waals surface area (Å²) in [4.78, 5) is 0. The summed E-state index contributed by atoms with van der Waals surface area (Å²) in [6.07, 6.45) is 0.869. The molecule has 92 valence electrons. The molecule has 2 aliphatic heterocycles. The molecule has 0 aromatic heterocycles. The van der Waals surface area contributed by atoms with Crippen molar-refractivity contribution in [3.63, 3.8) is 0 Å². The Morgan fingerprint density at radius 3 is 3.00 bits per heavy atom. The average molecular weight is 236 g/mol. The minimum Gasteiger partial charge on any atom is -0.492 e. The van der Waals surface area contributed by atoms with Gasteiger partial charge in [-0.3, -0.25) is 0 Å². The molecule has 0 N–H and O–H groups in total. The van der Waals surface area contributed by atoms with Crippen molar-refractivity contribution in [2.45, 2.75) is 25.7 Å². The van der Waals surface area contributed by atoms with Gasteiger partial charge in [0.2, 0.25) is 0 Å². The van der Waals surface area contributed by atoms with E-state index >= 15 is 0 Å². The van der Waals surface area contributed by atoms with Crippen molar-refractivity contribution >= 4 is 0 Å². The Hall–Kier alpha value is -1.09. The fourth-order valence-electron chi connectivity index (χ4n) is 3.02. The predicted octanol–water partition coefficient (Wildman–Crippen LogP) is 2.82. The first-order valence-electron chi connectivity index (χ1n) is 6.13. The zero-order valence-electron chi connectivity index (χ0n) is 10.3. The van der Waals surface area contributed by atoms with Gasteiger partial charge in [0.25, 0.3) is 0 Å². The average Bonchev–Trinajstić information content (AvgIpc) is 2.32. The van der Waals surface area contributed by atoms with Gasteiger partial charge in [0, 0.05) is 23.5 Å². The van der Waals surface area contributed by atoms with Crippen LogP contribution in [0, 0.1) is 18.7 Å². The van der Waals surface area contributed by atoms with Crippen molar-refractivity contribution in [2.24, 2.45) is 5.92 Å². The van der Waals surface area contributed by atoms with Crippen LogP contribution in [0.1, 0.15) is 24.5 Å². The summed E-state index contributed by atoms with van der Waals surface area (Å²) in [6, 6.07) is 3.35. The van der Waals surface area contributed by atoms with Gasteiger partial charge in [0.15, 0.2) is 0 Å². The first kappa shape index (κ1) is 11.0. The third-order valence-corrected chi connectivity index (χ3v) is 4.29. The Labute approximate surface area is 101 Å². The van der Waals surface area contributed by atoms with Gasteiger partial charge in [0.05, 0.1) is 13.2 Å². The maximum absolute atomic E-state index is 14.1. The third-order valence-electron chi connectivity index (χ3n) is 4.29. The van der Waals surface area contributed by atoms with Crippen LogP contribution in [0.4, 0.5) is 4.39 Å². The lowest BCUT2D eigenvalue weighted by Crippen LogP contribution is -2.47. The number of benzene rings is 1. The Morgan fingerprint density at radius 1 is 1.35 bits per heavy atom. The van der Waals surface area contributed by atoms with E-state index in [1.165, 1.54) is 0 Å². The van der Waals surface area contributed by atoms with Crippen LogP contribution in [-0.4, -0.2) is 19.8 Å². The molecule has 2 nitrogen and oxygen atoms in total. The monoisotopic (exact) mass is 236 g/mol. The van der Waals surface area contributed by atoms with Crippen LogP contribution >= 0.6 is 0 Å². The van der Waals surface area contributed by atoms with Crippen molar-refractivity contribution < 1.29 is 13.9 Å². The molecule has 3 heteroatoms. The van der Waals surface area contributed by atoms with Crippen molar-refractivity contribution in [2.75, 3.05) is 19.8 Å². The van der Waals surface area contributed by atoms with E-state index in [0.29, 0.717) is 19.8 Å². The number of hydrogen-bond acceptors (Lipinski definition) is 2. The molecule has 1 saturated heterocycles. The highest BCUT2D eigenvalue weighted by atomic mass is 19.1. The molecule has 0 bridgehead atoms. The fraction of sp³-hybridized carbons (Fsp3) is 0.571. The first-order chi connectivity index (χ1) is 8.13. The molecule has 2 heterocycles. The molecule has 0 saturated carbocycles. The van der Waals surface area contributed by atoms with E-state index in [-0.39, 0.29) is 17.2 Å². The molecule has 2 atom stereocenters. The van der Waals surface area contributed by atoms with Crippen molar-refractivity contribution in [3.05, 3.63) is 29.1 Å². The summed E-state index contributed by atoms with van der Waals surface area (Å²) in [5, 5.41) is 0. The Balaban J connectivity index is 2.19. The number of hydrogen-bond donors (Lipinski definition) is 0. The summed E-state index contributed by atoms with van der Waals surface area (Å²) in [5.41, 5.74) is 1.65. The minimum atomic E-state index is -0.139. The molecule has 1 fully saturated rings. The van der Waals surface area contributed by atoms with Crippen LogP contribution in [-0.2, 0) is 10.2 Å². The molecule has 17 heavy (non-hydrogen) atoms. The lowest BCUT2D eigenvalue weighted by molar-refractivity contribution is -0.0276. The van der Waals surface area contributed by atoms with E-state index in [2.05, 4.69) is 6.92 Å². The number of aryl methyl sites for hydroxylation is 1. The van der Waals surface area contributed by atoms with E-state index < -0.39 is 0 Å². The summed E-state index contributed by atoms with van der Waals surface area (Å²) in [5.74, 6) is 0.880. The van der Waals surface area contributed by atoms with E-state index in [9.17, 15) is 4.39 Å². The molecular weight excluding hydrogens is 219 g/mol.